The Hall–Kier alpha value is -2.32. The monoisotopic (exact) mass is 327 g/mol. The summed E-state index contributed by atoms with van der Waals surface area (Å²) >= 11 is 3.44. The Kier molecular flexibility index (Phi) is 3.17. The molecule has 2 heterocycles. The molecular weight excluding hydrogens is 318 g/mol. The summed E-state index contributed by atoms with van der Waals surface area (Å²) in [5.41, 5.74) is 2.14. The van der Waals surface area contributed by atoms with E-state index < -0.39 is 0 Å². The quantitative estimate of drug-likeness (QED) is 0.722. The molecule has 0 fully saturated rings. The molecule has 5 heteroatoms. The van der Waals surface area contributed by atoms with Gasteiger partial charge in [0, 0.05) is 16.2 Å². The Morgan fingerprint density at radius 3 is 2.60 bits per heavy atom. The third kappa shape index (κ3) is 2.04. The van der Waals surface area contributed by atoms with Crippen molar-refractivity contribution < 1.29 is 4.74 Å². The molecule has 0 spiro atoms. The van der Waals surface area contributed by atoms with Crippen molar-refractivity contribution in [3.05, 3.63) is 52.8 Å². The van der Waals surface area contributed by atoms with Crippen molar-refractivity contribution in [1.82, 2.24) is 9.38 Å². The molecule has 4 nitrogen and oxygen atoms in total. The first kappa shape index (κ1) is 12.7. The van der Waals surface area contributed by atoms with Crippen molar-refractivity contribution in [2.75, 3.05) is 7.11 Å². The topological polar surface area (TPSA) is 50.3 Å². The lowest BCUT2D eigenvalue weighted by Gasteiger charge is -2.03. The SMILES string of the molecule is COc1ccc(-c2nc(C#N)c3ccc(Br)cn23)cc1. The highest BCUT2D eigenvalue weighted by atomic mass is 79.9. The third-order valence-electron chi connectivity index (χ3n) is 3.06. The van der Waals surface area contributed by atoms with Crippen LogP contribution in [0.25, 0.3) is 16.9 Å². The van der Waals surface area contributed by atoms with E-state index in [-0.39, 0.29) is 0 Å². The molecule has 98 valence electrons. The molecule has 0 aliphatic heterocycles. The average molecular weight is 328 g/mol. The summed E-state index contributed by atoms with van der Waals surface area (Å²) in [6.45, 7) is 0. The van der Waals surface area contributed by atoms with Crippen molar-refractivity contribution in [3.63, 3.8) is 0 Å². The van der Waals surface area contributed by atoms with Gasteiger partial charge in [-0.25, -0.2) is 4.98 Å². The molecule has 0 saturated carbocycles. The molecular formula is C15H10BrN3O. The van der Waals surface area contributed by atoms with Gasteiger partial charge in [0.05, 0.1) is 12.6 Å². The van der Waals surface area contributed by atoms with E-state index in [2.05, 4.69) is 27.0 Å². The number of pyridine rings is 1. The van der Waals surface area contributed by atoms with Gasteiger partial charge in [-0.1, -0.05) is 0 Å². The molecule has 0 amide bonds. The van der Waals surface area contributed by atoms with Crippen LogP contribution in [0.2, 0.25) is 0 Å². The molecule has 0 aliphatic carbocycles. The third-order valence-corrected chi connectivity index (χ3v) is 3.52. The van der Waals surface area contributed by atoms with Gasteiger partial charge in [0.2, 0.25) is 0 Å². The van der Waals surface area contributed by atoms with E-state index in [4.69, 9.17) is 4.74 Å². The minimum atomic E-state index is 0.420. The summed E-state index contributed by atoms with van der Waals surface area (Å²) in [6.07, 6.45) is 1.91. The zero-order valence-electron chi connectivity index (χ0n) is 10.7. The molecule has 0 aliphatic rings. The Balaban J connectivity index is 2.24. The van der Waals surface area contributed by atoms with Crippen LogP contribution < -0.4 is 4.74 Å². The zero-order chi connectivity index (χ0) is 14.1. The molecule has 0 atom stereocenters. The number of hydrogen-bond donors (Lipinski definition) is 0. The number of aromatic nitrogens is 2. The van der Waals surface area contributed by atoms with Gasteiger partial charge in [0.25, 0.3) is 0 Å². The molecule has 3 aromatic rings. The van der Waals surface area contributed by atoms with Gasteiger partial charge in [-0.05, 0) is 52.3 Å². The van der Waals surface area contributed by atoms with Crippen LogP contribution in [-0.4, -0.2) is 16.5 Å². The number of hydrogen-bond acceptors (Lipinski definition) is 3. The molecule has 0 bridgehead atoms. The maximum Gasteiger partial charge on any atom is 0.166 e. The predicted molar refractivity (Wildman–Crippen MR) is 79.6 cm³/mol. The molecule has 0 saturated heterocycles. The molecule has 2 aromatic heterocycles. The number of ether oxygens (including phenoxy) is 1. The highest BCUT2D eigenvalue weighted by Gasteiger charge is 2.12. The summed E-state index contributed by atoms with van der Waals surface area (Å²) in [5.74, 6) is 1.52. The summed E-state index contributed by atoms with van der Waals surface area (Å²) in [5, 5.41) is 9.19. The lowest BCUT2D eigenvalue weighted by molar-refractivity contribution is 0.415. The van der Waals surface area contributed by atoms with Gasteiger partial charge >= 0.3 is 0 Å². The van der Waals surface area contributed by atoms with Crippen LogP contribution in [0.5, 0.6) is 5.75 Å². The lowest BCUT2D eigenvalue weighted by Crippen LogP contribution is -1.89. The van der Waals surface area contributed by atoms with E-state index in [1.54, 1.807) is 7.11 Å². The van der Waals surface area contributed by atoms with E-state index >= 15 is 0 Å². The average Bonchev–Trinajstić information content (AvgIpc) is 2.85. The van der Waals surface area contributed by atoms with Crippen molar-refractivity contribution in [2.24, 2.45) is 0 Å². The first-order valence-corrected chi connectivity index (χ1v) is 6.74. The van der Waals surface area contributed by atoms with Gasteiger partial charge in [0.15, 0.2) is 5.69 Å². The highest BCUT2D eigenvalue weighted by molar-refractivity contribution is 9.10. The number of imidazole rings is 1. The van der Waals surface area contributed by atoms with Gasteiger partial charge in [-0.3, -0.25) is 4.40 Å². The van der Waals surface area contributed by atoms with Gasteiger partial charge in [-0.15, -0.1) is 0 Å². The zero-order valence-corrected chi connectivity index (χ0v) is 12.3. The number of benzene rings is 1. The van der Waals surface area contributed by atoms with Crippen molar-refractivity contribution >= 4 is 21.4 Å². The number of rotatable bonds is 2. The number of fused-ring (bicyclic) bond motifs is 1. The maximum absolute atomic E-state index is 9.19. The summed E-state index contributed by atoms with van der Waals surface area (Å²) in [7, 11) is 1.63. The lowest BCUT2D eigenvalue weighted by atomic mass is 10.2. The van der Waals surface area contributed by atoms with E-state index in [0.29, 0.717) is 5.69 Å². The Bertz CT molecular complexity index is 815. The second-order valence-electron chi connectivity index (χ2n) is 4.23. The fourth-order valence-electron chi connectivity index (χ4n) is 2.09. The first-order valence-electron chi connectivity index (χ1n) is 5.95. The minimum absolute atomic E-state index is 0.420. The Morgan fingerprint density at radius 2 is 1.95 bits per heavy atom. The fraction of sp³-hybridized carbons (Fsp3) is 0.0667. The maximum atomic E-state index is 9.19. The van der Waals surface area contributed by atoms with E-state index in [1.165, 1.54) is 0 Å². The summed E-state index contributed by atoms with van der Waals surface area (Å²) in [6, 6.07) is 13.5. The molecule has 0 unspecified atom stereocenters. The van der Waals surface area contributed by atoms with E-state index in [1.807, 2.05) is 47.0 Å². The summed E-state index contributed by atoms with van der Waals surface area (Å²) in [4.78, 5) is 4.41. The number of halogens is 1. The smallest absolute Gasteiger partial charge is 0.166 e. The van der Waals surface area contributed by atoms with Gasteiger partial charge < -0.3 is 4.74 Å². The highest BCUT2D eigenvalue weighted by Crippen LogP contribution is 2.26. The van der Waals surface area contributed by atoms with Crippen LogP contribution >= 0.6 is 15.9 Å². The molecule has 0 radical (unpaired) electrons. The Morgan fingerprint density at radius 1 is 1.20 bits per heavy atom. The van der Waals surface area contributed by atoms with E-state index in [9.17, 15) is 5.26 Å². The van der Waals surface area contributed by atoms with E-state index in [0.717, 1.165) is 27.1 Å². The van der Waals surface area contributed by atoms with Crippen LogP contribution in [0.4, 0.5) is 0 Å². The molecule has 20 heavy (non-hydrogen) atoms. The first-order chi connectivity index (χ1) is 9.72. The predicted octanol–water partition coefficient (Wildman–Crippen LogP) is 3.64. The number of nitrogens with zero attached hydrogens (tertiary/aromatic N) is 3. The standard InChI is InChI=1S/C15H10BrN3O/c1-20-12-5-2-10(3-6-12)15-18-13(8-17)14-7-4-11(16)9-19(14)15/h2-7,9H,1H3. The normalized spacial score (nSPS) is 10.4. The molecule has 1 aromatic carbocycles. The second-order valence-corrected chi connectivity index (χ2v) is 5.14. The van der Waals surface area contributed by atoms with Crippen molar-refractivity contribution in [1.29, 1.82) is 5.26 Å². The van der Waals surface area contributed by atoms with Crippen molar-refractivity contribution in [2.45, 2.75) is 0 Å². The Labute approximate surface area is 124 Å². The largest absolute Gasteiger partial charge is 0.497 e. The van der Waals surface area contributed by atoms with Gasteiger partial charge in [0.1, 0.15) is 17.6 Å². The van der Waals surface area contributed by atoms with Gasteiger partial charge in [-0.2, -0.15) is 5.26 Å². The molecule has 0 N–H and O–H groups in total. The minimum Gasteiger partial charge on any atom is -0.497 e. The number of methoxy groups -OCH3 is 1. The fourth-order valence-corrected chi connectivity index (χ4v) is 2.42. The van der Waals surface area contributed by atoms with Crippen LogP contribution in [0.1, 0.15) is 5.69 Å². The van der Waals surface area contributed by atoms with Crippen molar-refractivity contribution in [3.8, 4) is 23.2 Å². The van der Waals surface area contributed by atoms with Crippen LogP contribution in [-0.2, 0) is 0 Å². The van der Waals surface area contributed by atoms with Crippen LogP contribution in [0.3, 0.4) is 0 Å². The molecule has 3 rings (SSSR count). The second kappa shape index (κ2) is 4.99. The number of nitriles is 1. The van der Waals surface area contributed by atoms with Crippen LogP contribution in [0.15, 0.2) is 47.1 Å². The summed E-state index contributed by atoms with van der Waals surface area (Å²) < 4.78 is 7.99. The van der Waals surface area contributed by atoms with Crippen LogP contribution in [0, 0.1) is 11.3 Å².